The minimum absolute atomic E-state index is 0.235. The van der Waals surface area contributed by atoms with E-state index < -0.39 is 10.8 Å². The number of hydrogen-bond donors (Lipinski definition) is 1. The Bertz CT molecular complexity index is 308. The van der Waals surface area contributed by atoms with Crippen molar-refractivity contribution >= 4 is 10.8 Å². The number of rotatable bonds is 1. The summed E-state index contributed by atoms with van der Waals surface area (Å²) in [6, 6.07) is 3.26. The summed E-state index contributed by atoms with van der Waals surface area (Å²) in [4.78, 5) is 0.827. The Morgan fingerprint density at radius 1 is 1.25 bits per heavy atom. The van der Waals surface area contributed by atoms with Crippen molar-refractivity contribution in [2.75, 3.05) is 6.26 Å². The molecule has 0 radical (unpaired) electrons. The molecule has 1 aromatic rings. The van der Waals surface area contributed by atoms with E-state index in [0.717, 1.165) is 16.0 Å². The van der Waals surface area contributed by atoms with Crippen LogP contribution in [0.15, 0.2) is 17.0 Å². The summed E-state index contributed by atoms with van der Waals surface area (Å²) in [5.74, 6) is 0.235. The van der Waals surface area contributed by atoms with Gasteiger partial charge in [0, 0.05) is 11.2 Å². The Kier molecular flexibility index (Phi) is 2.52. The fraction of sp³-hybridized carbons (Fsp3) is 0.333. The molecular formula is C9H12O2S. The van der Waals surface area contributed by atoms with Crippen molar-refractivity contribution < 1.29 is 9.32 Å². The molecule has 1 unspecified atom stereocenters. The first-order chi connectivity index (χ1) is 5.52. The second kappa shape index (κ2) is 3.27. The summed E-state index contributed by atoms with van der Waals surface area (Å²) in [6.07, 6.45) is 1.65. The molecule has 1 rings (SSSR count). The van der Waals surface area contributed by atoms with Gasteiger partial charge in [0.1, 0.15) is 5.75 Å². The van der Waals surface area contributed by atoms with Gasteiger partial charge in [-0.3, -0.25) is 4.21 Å². The van der Waals surface area contributed by atoms with Crippen LogP contribution in [0.5, 0.6) is 5.75 Å². The Balaban J connectivity index is 3.38. The fourth-order valence-electron chi connectivity index (χ4n) is 1.38. The number of phenolic OH excluding ortho intramolecular Hbond substituents is 1. The third-order valence-corrected chi connectivity index (χ3v) is 2.95. The highest BCUT2D eigenvalue weighted by molar-refractivity contribution is 7.84. The van der Waals surface area contributed by atoms with Gasteiger partial charge in [0.25, 0.3) is 0 Å². The van der Waals surface area contributed by atoms with Gasteiger partial charge in [-0.15, -0.1) is 0 Å². The highest BCUT2D eigenvalue weighted by Gasteiger charge is 2.07. The van der Waals surface area contributed by atoms with Crippen LogP contribution in [0.1, 0.15) is 11.1 Å². The maximum absolute atomic E-state index is 11.2. The lowest BCUT2D eigenvalue weighted by Crippen LogP contribution is -1.95. The van der Waals surface area contributed by atoms with Crippen LogP contribution >= 0.6 is 0 Å². The quantitative estimate of drug-likeness (QED) is 0.722. The van der Waals surface area contributed by atoms with Crippen molar-refractivity contribution in [2.24, 2.45) is 0 Å². The van der Waals surface area contributed by atoms with Crippen LogP contribution in [0.4, 0.5) is 0 Å². The molecule has 12 heavy (non-hydrogen) atoms. The number of hydrogen-bond acceptors (Lipinski definition) is 2. The molecule has 0 aliphatic rings. The molecule has 66 valence electrons. The van der Waals surface area contributed by atoms with Crippen molar-refractivity contribution in [2.45, 2.75) is 18.7 Å². The van der Waals surface area contributed by atoms with E-state index in [-0.39, 0.29) is 5.75 Å². The predicted molar refractivity (Wildman–Crippen MR) is 49.9 cm³/mol. The molecular weight excluding hydrogens is 172 g/mol. The van der Waals surface area contributed by atoms with E-state index in [1.807, 2.05) is 13.8 Å². The van der Waals surface area contributed by atoms with Crippen LogP contribution < -0.4 is 0 Å². The van der Waals surface area contributed by atoms with E-state index in [9.17, 15) is 9.32 Å². The Hall–Kier alpha value is -0.830. The lowest BCUT2D eigenvalue weighted by Gasteiger charge is -2.06. The number of aryl methyl sites for hydroxylation is 2. The van der Waals surface area contributed by atoms with Gasteiger partial charge >= 0.3 is 0 Å². The molecule has 0 aromatic heterocycles. The van der Waals surface area contributed by atoms with Crippen LogP contribution in [0.25, 0.3) is 0 Å². The lowest BCUT2D eigenvalue weighted by atomic mass is 10.1. The van der Waals surface area contributed by atoms with E-state index >= 15 is 0 Å². The maximum Gasteiger partial charge on any atom is 0.116 e. The maximum atomic E-state index is 11.2. The van der Waals surface area contributed by atoms with Crippen LogP contribution in [0.3, 0.4) is 0 Å². The van der Waals surface area contributed by atoms with E-state index in [2.05, 4.69) is 0 Å². The summed E-state index contributed by atoms with van der Waals surface area (Å²) in [5, 5.41) is 9.20. The zero-order valence-corrected chi connectivity index (χ0v) is 8.23. The minimum Gasteiger partial charge on any atom is -0.508 e. The molecule has 1 atom stereocenters. The molecule has 0 saturated carbocycles. The van der Waals surface area contributed by atoms with Crippen molar-refractivity contribution in [1.82, 2.24) is 0 Å². The van der Waals surface area contributed by atoms with Crippen molar-refractivity contribution in [3.05, 3.63) is 23.3 Å². The number of phenols is 1. The molecule has 2 nitrogen and oxygen atoms in total. The first-order valence-corrected chi connectivity index (χ1v) is 5.22. The summed E-state index contributed by atoms with van der Waals surface area (Å²) >= 11 is 0. The molecule has 0 aliphatic heterocycles. The normalized spacial score (nSPS) is 12.9. The van der Waals surface area contributed by atoms with Crippen LogP contribution in [0.2, 0.25) is 0 Å². The number of aromatic hydroxyl groups is 1. The summed E-state index contributed by atoms with van der Waals surface area (Å²) in [7, 11) is -0.971. The summed E-state index contributed by atoms with van der Waals surface area (Å²) < 4.78 is 11.2. The van der Waals surface area contributed by atoms with Gasteiger partial charge in [-0.2, -0.15) is 0 Å². The molecule has 0 bridgehead atoms. The smallest absolute Gasteiger partial charge is 0.116 e. The van der Waals surface area contributed by atoms with E-state index in [1.165, 1.54) is 0 Å². The fourth-order valence-corrected chi connectivity index (χ4v) is 2.41. The second-order valence-electron chi connectivity index (χ2n) is 2.86. The first-order valence-electron chi connectivity index (χ1n) is 3.66. The Labute approximate surface area is 74.7 Å². The predicted octanol–water partition coefficient (Wildman–Crippen LogP) is 1.75. The van der Waals surface area contributed by atoms with Gasteiger partial charge < -0.3 is 5.11 Å². The van der Waals surface area contributed by atoms with Crippen LogP contribution in [0, 0.1) is 13.8 Å². The third-order valence-electron chi connectivity index (χ3n) is 1.73. The zero-order valence-electron chi connectivity index (χ0n) is 7.42. The van der Waals surface area contributed by atoms with Crippen molar-refractivity contribution in [3.63, 3.8) is 0 Å². The zero-order chi connectivity index (χ0) is 9.30. The first kappa shape index (κ1) is 9.26. The molecule has 0 amide bonds. The third kappa shape index (κ3) is 1.67. The highest BCUT2D eigenvalue weighted by atomic mass is 32.2. The molecule has 3 heteroatoms. The van der Waals surface area contributed by atoms with Gasteiger partial charge in [-0.25, -0.2) is 0 Å². The van der Waals surface area contributed by atoms with Gasteiger partial charge in [0.2, 0.25) is 0 Å². The molecule has 1 aromatic carbocycles. The summed E-state index contributed by atoms with van der Waals surface area (Å²) in [6.45, 7) is 3.70. The summed E-state index contributed by atoms with van der Waals surface area (Å²) in [5.41, 5.74) is 1.77. The average molecular weight is 184 g/mol. The molecule has 0 spiro atoms. The largest absolute Gasteiger partial charge is 0.508 e. The second-order valence-corrected chi connectivity index (χ2v) is 4.18. The van der Waals surface area contributed by atoms with Crippen LogP contribution in [-0.4, -0.2) is 15.6 Å². The van der Waals surface area contributed by atoms with Gasteiger partial charge in [0.15, 0.2) is 0 Å². The Morgan fingerprint density at radius 3 is 2.00 bits per heavy atom. The monoisotopic (exact) mass is 184 g/mol. The van der Waals surface area contributed by atoms with Gasteiger partial charge in [-0.1, -0.05) is 0 Å². The Morgan fingerprint density at radius 2 is 1.67 bits per heavy atom. The van der Waals surface area contributed by atoms with Gasteiger partial charge in [0.05, 0.1) is 10.8 Å². The molecule has 0 saturated heterocycles. The van der Waals surface area contributed by atoms with E-state index in [0.29, 0.717) is 0 Å². The topological polar surface area (TPSA) is 37.3 Å². The SMILES string of the molecule is Cc1cc(O)cc(C)c1S(C)=O. The van der Waals surface area contributed by atoms with E-state index in [1.54, 1.807) is 18.4 Å². The highest BCUT2D eigenvalue weighted by Crippen LogP contribution is 2.22. The number of benzene rings is 1. The lowest BCUT2D eigenvalue weighted by molar-refractivity contribution is 0.473. The standard InChI is InChI=1S/C9H12O2S/c1-6-4-8(10)5-7(2)9(6)12(3)11/h4-5,10H,1-3H3. The van der Waals surface area contributed by atoms with Crippen molar-refractivity contribution in [1.29, 1.82) is 0 Å². The molecule has 0 aliphatic carbocycles. The van der Waals surface area contributed by atoms with Crippen LogP contribution in [-0.2, 0) is 10.8 Å². The molecule has 0 heterocycles. The molecule has 1 N–H and O–H groups in total. The average Bonchev–Trinajstić information content (AvgIpc) is 1.82. The van der Waals surface area contributed by atoms with Crippen molar-refractivity contribution in [3.8, 4) is 5.75 Å². The molecule has 0 fully saturated rings. The van der Waals surface area contributed by atoms with Gasteiger partial charge in [-0.05, 0) is 37.1 Å². The minimum atomic E-state index is -0.971. The van der Waals surface area contributed by atoms with E-state index in [4.69, 9.17) is 0 Å².